The van der Waals surface area contributed by atoms with Gasteiger partial charge in [0.25, 0.3) is 0 Å². The van der Waals surface area contributed by atoms with E-state index in [-0.39, 0.29) is 5.54 Å². The number of rotatable bonds is 4. The summed E-state index contributed by atoms with van der Waals surface area (Å²) in [6.07, 6.45) is 2.18. The van der Waals surface area contributed by atoms with Crippen molar-refractivity contribution in [3.05, 3.63) is 5.69 Å². The highest BCUT2D eigenvalue weighted by Crippen LogP contribution is 2.31. The van der Waals surface area contributed by atoms with Crippen LogP contribution in [0, 0.1) is 6.92 Å². The molecule has 0 saturated heterocycles. The lowest BCUT2D eigenvalue weighted by atomic mass is 9.98. The fraction of sp³-hybridized carbons (Fsp3) is 0.692. The molecule has 2 N–H and O–H groups in total. The molecule has 0 fully saturated rings. The standard InChI is InChI=1S/C13H23N5/c1-6-8-13(4,5)18-11-10(15-12(18)14)9(3)16-17(11)7-2/h6-8H2,1-5H3,(H2,14,15). The molecule has 2 heterocycles. The van der Waals surface area contributed by atoms with E-state index >= 15 is 0 Å². The van der Waals surface area contributed by atoms with Crippen molar-refractivity contribution in [2.75, 3.05) is 5.73 Å². The minimum absolute atomic E-state index is 0.0347. The third kappa shape index (κ3) is 1.78. The van der Waals surface area contributed by atoms with Crippen LogP contribution in [0.15, 0.2) is 0 Å². The van der Waals surface area contributed by atoms with Gasteiger partial charge >= 0.3 is 0 Å². The molecule has 0 spiro atoms. The predicted molar refractivity (Wildman–Crippen MR) is 74.6 cm³/mol. The van der Waals surface area contributed by atoms with Gasteiger partial charge in [0.05, 0.1) is 5.69 Å². The molecule has 5 nitrogen and oxygen atoms in total. The van der Waals surface area contributed by atoms with E-state index in [1.807, 2.05) is 11.6 Å². The van der Waals surface area contributed by atoms with Crippen LogP contribution in [0.3, 0.4) is 0 Å². The maximum Gasteiger partial charge on any atom is 0.203 e. The highest BCUT2D eigenvalue weighted by molar-refractivity contribution is 5.78. The summed E-state index contributed by atoms with van der Waals surface area (Å²) in [5.41, 5.74) is 9.01. The second-order valence-corrected chi connectivity index (χ2v) is 5.44. The minimum Gasteiger partial charge on any atom is -0.369 e. The van der Waals surface area contributed by atoms with Crippen LogP contribution in [-0.4, -0.2) is 19.3 Å². The van der Waals surface area contributed by atoms with Crippen LogP contribution in [0.2, 0.25) is 0 Å². The van der Waals surface area contributed by atoms with Crippen molar-refractivity contribution >= 4 is 17.1 Å². The number of hydrogen-bond acceptors (Lipinski definition) is 3. The zero-order valence-electron chi connectivity index (χ0n) is 12.0. The Kier molecular flexibility index (Phi) is 3.09. The molecule has 18 heavy (non-hydrogen) atoms. The molecule has 2 rings (SSSR count). The monoisotopic (exact) mass is 249 g/mol. The minimum atomic E-state index is -0.0347. The molecule has 2 aromatic rings. The van der Waals surface area contributed by atoms with Crippen LogP contribution in [0.1, 0.15) is 46.2 Å². The molecule has 0 aliphatic carbocycles. The van der Waals surface area contributed by atoms with E-state index in [2.05, 4.69) is 42.3 Å². The number of aryl methyl sites for hydroxylation is 2. The number of hydrogen-bond donors (Lipinski definition) is 1. The number of aromatic nitrogens is 4. The van der Waals surface area contributed by atoms with Crippen LogP contribution in [0.5, 0.6) is 0 Å². The number of nitrogens with two attached hydrogens (primary N) is 1. The van der Waals surface area contributed by atoms with Crippen LogP contribution < -0.4 is 5.73 Å². The Balaban J connectivity index is 2.73. The van der Waals surface area contributed by atoms with E-state index in [0.29, 0.717) is 5.95 Å². The number of nitrogens with zero attached hydrogens (tertiary/aromatic N) is 4. The van der Waals surface area contributed by atoms with Crippen molar-refractivity contribution < 1.29 is 0 Å². The Morgan fingerprint density at radius 1 is 1.28 bits per heavy atom. The molecule has 2 aromatic heterocycles. The Morgan fingerprint density at radius 2 is 1.94 bits per heavy atom. The largest absolute Gasteiger partial charge is 0.369 e. The third-order valence-corrected chi connectivity index (χ3v) is 3.50. The Hall–Kier alpha value is -1.52. The SMILES string of the molecule is CCCC(C)(C)n1c(N)nc2c(C)nn(CC)c21. The van der Waals surface area contributed by atoms with Gasteiger partial charge in [0, 0.05) is 12.1 Å². The van der Waals surface area contributed by atoms with Gasteiger partial charge in [0.1, 0.15) is 5.52 Å². The van der Waals surface area contributed by atoms with Crippen LogP contribution in [0.25, 0.3) is 11.2 Å². The maximum absolute atomic E-state index is 6.12. The Morgan fingerprint density at radius 3 is 2.50 bits per heavy atom. The van der Waals surface area contributed by atoms with Crippen molar-refractivity contribution in [3.8, 4) is 0 Å². The van der Waals surface area contributed by atoms with Crippen molar-refractivity contribution in [3.63, 3.8) is 0 Å². The molecule has 0 saturated carbocycles. The number of fused-ring (bicyclic) bond motifs is 1. The molecule has 0 amide bonds. The molecule has 0 aromatic carbocycles. The van der Waals surface area contributed by atoms with E-state index in [0.717, 1.165) is 36.2 Å². The first-order valence-corrected chi connectivity index (χ1v) is 6.64. The van der Waals surface area contributed by atoms with Gasteiger partial charge in [-0.3, -0.25) is 4.57 Å². The lowest BCUT2D eigenvalue weighted by Crippen LogP contribution is -2.28. The topological polar surface area (TPSA) is 61.7 Å². The molecule has 0 atom stereocenters. The molecule has 0 bridgehead atoms. The van der Waals surface area contributed by atoms with E-state index in [9.17, 15) is 0 Å². The number of imidazole rings is 1. The molecule has 0 aliphatic heterocycles. The number of nitrogen functional groups attached to an aromatic ring is 1. The summed E-state index contributed by atoms with van der Waals surface area (Å²) < 4.78 is 4.13. The first-order chi connectivity index (χ1) is 8.42. The van der Waals surface area contributed by atoms with E-state index < -0.39 is 0 Å². The van der Waals surface area contributed by atoms with Crippen molar-refractivity contribution in [1.29, 1.82) is 0 Å². The normalized spacial score (nSPS) is 12.5. The van der Waals surface area contributed by atoms with Crippen LogP contribution >= 0.6 is 0 Å². The number of anilines is 1. The van der Waals surface area contributed by atoms with Gasteiger partial charge in [0.2, 0.25) is 5.95 Å². The summed E-state index contributed by atoms with van der Waals surface area (Å²) in [6, 6.07) is 0. The first-order valence-electron chi connectivity index (χ1n) is 6.64. The van der Waals surface area contributed by atoms with Gasteiger partial charge < -0.3 is 5.73 Å². The average Bonchev–Trinajstić information content (AvgIpc) is 2.76. The lowest BCUT2D eigenvalue weighted by Gasteiger charge is -2.28. The van der Waals surface area contributed by atoms with Gasteiger partial charge in [-0.1, -0.05) is 13.3 Å². The lowest BCUT2D eigenvalue weighted by molar-refractivity contribution is 0.333. The second kappa shape index (κ2) is 4.30. The molecular weight excluding hydrogens is 226 g/mol. The summed E-state index contributed by atoms with van der Waals surface area (Å²) in [7, 11) is 0. The predicted octanol–water partition coefficient (Wildman–Crippen LogP) is 2.68. The summed E-state index contributed by atoms with van der Waals surface area (Å²) in [5.74, 6) is 0.589. The Bertz CT molecular complexity index is 561. The highest BCUT2D eigenvalue weighted by Gasteiger charge is 2.27. The smallest absolute Gasteiger partial charge is 0.203 e. The summed E-state index contributed by atoms with van der Waals surface area (Å²) in [6.45, 7) is 11.5. The molecule has 5 heteroatoms. The summed E-state index contributed by atoms with van der Waals surface area (Å²) in [5, 5.41) is 4.52. The molecule has 0 aliphatic rings. The van der Waals surface area contributed by atoms with Gasteiger partial charge in [-0.25, -0.2) is 9.67 Å². The van der Waals surface area contributed by atoms with Gasteiger partial charge in [-0.2, -0.15) is 5.10 Å². The Labute approximate surface area is 108 Å². The first kappa shape index (κ1) is 12.9. The van der Waals surface area contributed by atoms with E-state index in [1.54, 1.807) is 0 Å². The maximum atomic E-state index is 6.12. The van der Waals surface area contributed by atoms with Crippen molar-refractivity contribution in [2.45, 2.75) is 59.5 Å². The van der Waals surface area contributed by atoms with Crippen molar-refractivity contribution in [2.24, 2.45) is 0 Å². The zero-order valence-corrected chi connectivity index (χ0v) is 12.0. The third-order valence-electron chi connectivity index (χ3n) is 3.50. The van der Waals surface area contributed by atoms with Gasteiger partial charge in [-0.15, -0.1) is 0 Å². The van der Waals surface area contributed by atoms with Crippen LogP contribution in [-0.2, 0) is 12.1 Å². The van der Waals surface area contributed by atoms with Crippen molar-refractivity contribution in [1.82, 2.24) is 19.3 Å². The van der Waals surface area contributed by atoms with E-state index in [4.69, 9.17) is 5.73 Å². The molecule has 100 valence electrons. The highest BCUT2D eigenvalue weighted by atomic mass is 15.4. The summed E-state index contributed by atoms with van der Waals surface area (Å²) in [4.78, 5) is 4.49. The van der Waals surface area contributed by atoms with Gasteiger partial charge in [-0.05, 0) is 34.1 Å². The van der Waals surface area contributed by atoms with Crippen LogP contribution in [0.4, 0.5) is 5.95 Å². The molecule has 0 unspecified atom stereocenters. The second-order valence-electron chi connectivity index (χ2n) is 5.44. The summed E-state index contributed by atoms with van der Waals surface area (Å²) >= 11 is 0. The zero-order chi connectivity index (χ0) is 13.5. The van der Waals surface area contributed by atoms with Gasteiger partial charge in [0.15, 0.2) is 5.65 Å². The molecule has 0 radical (unpaired) electrons. The molecular formula is C13H23N5. The average molecular weight is 249 g/mol. The van der Waals surface area contributed by atoms with E-state index in [1.165, 1.54) is 0 Å². The fourth-order valence-electron chi connectivity index (χ4n) is 2.73. The fourth-order valence-corrected chi connectivity index (χ4v) is 2.73. The quantitative estimate of drug-likeness (QED) is 0.906.